The fourth-order valence-electron chi connectivity index (χ4n) is 6.13. The molecule has 0 heterocycles. The summed E-state index contributed by atoms with van der Waals surface area (Å²) in [4.78, 5) is 30.3. The maximum Gasteiger partial charge on any atom is 0.264 e. The molecule has 1 aliphatic rings. The highest BCUT2D eigenvalue weighted by Gasteiger charge is 2.35. The van der Waals surface area contributed by atoms with Gasteiger partial charge in [-0.15, -0.1) is 0 Å². The molecule has 0 saturated heterocycles. The number of hydrogen-bond acceptors (Lipinski definition) is 5. The van der Waals surface area contributed by atoms with Crippen LogP contribution in [0.3, 0.4) is 0 Å². The minimum Gasteiger partial charge on any atom is -0.494 e. The van der Waals surface area contributed by atoms with Crippen LogP contribution in [0.15, 0.2) is 108 Å². The number of aryl methyl sites for hydroxylation is 1. The van der Waals surface area contributed by atoms with Crippen LogP contribution in [0.2, 0.25) is 0 Å². The summed E-state index contributed by atoms with van der Waals surface area (Å²) in [6, 6.07) is 27.2. The van der Waals surface area contributed by atoms with Crippen molar-refractivity contribution in [2.45, 2.75) is 75.9 Å². The summed E-state index contributed by atoms with van der Waals surface area (Å²) in [5.41, 5.74) is 2.61. The molecule has 0 unspecified atom stereocenters. The van der Waals surface area contributed by atoms with Gasteiger partial charge in [0.05, 0.1) is 17.2 Å². The van der Waals surface area contributed by atoms with Gasteiger partial charge < -0.3 is 15.0 Å². The summed E-state index contributed by atoms with van der Waals surface area (Å²) in [5.74, 6) is -0.747. The van der Waals surface area contributed by atoms with Crippen molar-refractivity contribution in [3.8, 4) is 5.75 Å². The molecule has 0 aromatic heterocycles. The summed E-state index contributed by atoms with van der Waals surface area (Å²) in [5, 5.41) is 3.20. The second-order valence-corrected chi connectivity index (χ2v) is 14.3. The van der Waals surface area contributed by atoms with Crippen LogP contribution < -0.4 is 14.4 Å². The highest BCUT2D eigenvalue weighted by molar-refractivity contribution is 7.92. The van der Waals surface area contributed by atoms with Crippen molar-refractivity contribution in [3.05, 3.63) is 126 Å². The molecule has 258 valence electrons. The molecule has 0 spiro atoms. The fraction of sp³-hybridized carbons (Fsp3) is 0.333. The average molecular weight is 686 g/mol. The number of halogens is 1. The van der Waals surface area contributed by atoms with Crippen molar-refractivity contribution in [1.82, 2.24) is 10.2 Å². The van der Waals surface area contributed by atoms with Gasteiger partial charge in [-0.1, -0.05) is 79.4 Å². The minimum absolute atomic E-state index is 0.00966. The lowest BCUT2D eigenvalue weighted by Gasteiger charge is -2.35. The molecule has 0 bridgehead atoms. The summed E-state index contributed by atoms with van der Waals surface area (Å²) in [6.45, 7) is 3.55. The first-order valence-electron chi connectivity index (χ1n) is 16.8. The zero-order chi connectivity index (χ0) is 34.8. The monoisotopic (exact) mass is 685 g/mol. The number of ether oxygens (including phenoxy) is 1. The van der Waals surface area contributed by atoms with E-state index in [9.17, 15) is 22.4 Å². The second kappa shape index (κ2) is 16.6. The molecular weight excluding hydrogens is 642 g/mol. The van der Waals surface area contributed by atoms with Gasteiger partial charge in [-0.25, -0.2) is 12.8 Å². The molecule has 1 saturated carbocycles. The molecule has 1 atom stereocenters. The van der Waals surface area contributed by atoms with Crippen molar-refractivity contribution < 1.29 is 27.1 Å². The molecule has 2 amide bonds. The van der Waals surface area contributed by atoms with E-state index in [0.29, 0.717) is 17.9 Å². The van der Waals surface area contributed by atoms with Crippen LogP contribution in [0.4, 0.5) is 10.1 Å². The standard InChI is InChI=1S/C39H44FN3O5S/c1-3-48-35-22-20-34(21-23-35)43(49(46,47)36-24-14-29(2)15-25-36)28-38(44)42(27-31-16-18-32(40)19-17-31)37(26-30-10-6-4-7-11-30)39(45)41-33-12-8-5-9-13-33/h4,6-7,10-11,14-25,33,37H,3,5,8-9,12-13,26-28H2,1-2H3,(H,41,45)/t37-/m1/s1. The first-order chi connectivity index (χ1) is 23.6. The quantitative estimate of drug-likeness (QED) is 0.157. The van der Waals surface area contributed by atoms with E-state index >= 15 is 0 Å². The number of benzene rings is 4. The Morgan fingerprint density at radius 3 is 2.14 bits per heavy atom. The molecule has 0 aliphatic heterocycles. The predicted molar refractivity (Wildman–Crippen MR) is 189 cm³/mol. The van der Waals surface area contributed by atoms with Crippen LogP contribution in [-0.4, -0.2) is 50.4 Å². The lowest BCUT2D eigenvalue weighted by atomic mass is 9.94. The van der Waals surface area contributed by atoms with Gasteiger partial charge in [-0.2, -0.15) is 0 Å². The van der Waals surface area contributed by atoms with Gasteiger partial charge >= 0.3 is 0 Å². The molecule has 49 heavy (non-hydrogen) atoms. The van der Waals surface area contributed by atoms with E-state index in [1.54, 1.807) is 48.5 Å². The number of rotatable bonds is 14. The predicted octanol–water partition coefficient (Wildman–Crippen LogP) is 6.82. The van der Waals surface area contributed by atoms with E-state index in [2.05, 4.69) is 5.32 Å². The minimum atomic E-state index is -4.24. The Morgan fingerprint density at radius 1 is 0.857 bits per heavy atom. The fourth-order valence-corrected chi connectivity index (χ4v) is 7.54. The molecule has 4 aromatic carbocycles. The highest BCUT2D eigenvalue weighted by Crippen LogP contribution is 2.28. The SMILES string of the molecule is CCOc1ccc(N(CC(=O)N(Cc2ccc(F)cc2)[C@H](Cc2ccccc2)C(=O)NC2CCCCC2)S(=O)(=O)c2ccc(C)cc2)cc1. The molecular formula is C39H44FN3O5S. The third-order valence-electron chi connectivity index (χ3n) is 8.81. The first kappa shape index (κ1) is 35.6. The number of nitrogens with zero attached hydrogens (tertiary/aromatic N) is 2. The number of carbonyl (C=O) groups is 2. The number of hydrogen-bond donors (Lipinski definition) is 1. The normalized spacial score (nSPS) is 14.1. The maximum absolute atomic E-state index is 14.7. The van der Waals surface area contributed by atoms with Gasteiger partial charge in [0, 0.05) is 19.0 Å². The Hall–Kier alpha value is -4.70. The van der Waals surface area contributed by atoms with Crippen molar-refractivity contribution >= 4 is 27.5 Å². The summed E-state index contributed by atoms with van der Waals surface area (Å²) in [7, 11) is -4.24. The number of nitrogens with one attached hydrogen (secondary N) is 1. The van der Waals surface area contributed by atoms with Crippen molar-refractivity contribution in [2.24, 2.45) is 0 Å². The maximum atomic E-state index is 14.7. The average Bonchev–Trinajstić information content (AvgIpc) is 3.11. The molecule has 1 N–H and O–H groups in total. The van der Waals surface area contributed by atoms with E-state index in [0.717, 1.165) is 47.5 Å². The van der Waals surface area contributed by atoms with Crippen LogP contribution in [0.5, 0.6) is 5.75 Å². The number of amides is 2. The van der Waals surface area contributed by atoms with E-state index in [1.807, 2.05) is 44.2 Å². The largest absolute Gasteiger partial charge is 0.494 e. The molecule has 5 rings (SSSR count). The molecule has 1 aliphatic carbocycles. The first-order valence-corrected chi connectivity index (χ1v) is 18.3. The third-order valence-corrected chi connectivity index (χ3v) is 10.6. The Morgan fingerprint density at radius 2 is 1.51 bits per heavy atom. The topological polar surface area (TPSA) is 96.0 Å². The van der Waals surface area contributed by atoms with E-state index in [4.69, 9.17) is 4.74 Å². The van der Waals surface area contributed by atoms with Gasteiger partial charge in [-0.3, -0.25) is 13.9 Å². The lowest BCUT2D eigenvalue weighted by Crippen LogP contribution is -2.55. The number of carbonyl (C=O) groups excluding carboxylic acids is 2. The molecule has 0 radical (unpaired) electrons. The smallest absolute Gasteiger partial charge is 0.264 e. The molecule has 8 nitrogen and oxygen atoms in total. The third kappa shape index (κ3) is 9.47. The van der Waals surface area contributed by atoms with Crippen LogP contribution in [0.25, 0.3) is 0 Å². The van der Waals surface area contributed by atoms with Crippen LogP contribution in [0, 0.1) is 12.7 Å². The zero-order valence-corrected chi connectivity index (χ0v) is 28.9. The second-order valence-electron chi connectivity index (χ2n) is 12.4. The van der Waals surface area contributed by atoms with Gasteiger partial charge in [0.25, 0.3) is 10.0 Å². The lowest BCUT2D eigenvalue weighted by molar-refractivity contribution is -0.140. The van der Waals surface area contributed by atoms with Crippen molar-refractivity contribution in [3.63, 3.8) is 0 Å². The van der Waals surface area contributed by atoms with E-state index in [1.165, 1.54) is 29.2 Å². The van der Waals surface area contributed by atoms with Crippen molar-refractivity contribution in [1.29, 1.82) is 0 Å². The summed E-state index contributed by atoms with van der Waals surface area (Å²) >= 11 is 0. The highest BCUT2D eigenvalue weighted by atomic mass is 32.2. The Kier molecular flexibility index (Phi) is 12.1. The van der Waals surface area contributed by atoms with E-state index < -0.39 is 34.3 Å². The van der Waals surface area contributed by atoms with Crippen molar-refractivity contribution in [2.75, 3.05) is 17.5 Å². The summed E-state index contributed by atoms with van der Waals surface area (Å²) in [6.07, 6.45) is 5.07. The number of sulfonamides is 1. The molecule has 4 aromatic rings. The van der Waals surface area contributed by atoms with Gasteiger partial charge in [0.2, 0.25) is 11.8 Å². The Labute approximate surface area is 289 Å². The summed E-state index contributed by atoms with van der Waals surface area (Å²) < 4.78 is 49.1. The van der Waals surface area contributed by atoms with Gasteiger partial charge in [0.15, 0.2) is 0 Å². The van der Waals surface area contributed by atoms with Crippen LogP contribution in [0.1, 0.15) is 55.7 Å². The van der Waals surface area contributed by atoms with Gasteiger partial charge in [0.1, 0.15) is 24.2 Å². The Balaban J connectivity index is 1.56. The Bertz CT molecular complexity index is 1780. The van der Waals surface area contributed by atoms with E-state index in [-0.39, 0.29) is 35.5 Å². The number of anilines is 1. The van der Waals surface area contributed by atoms with Crippen LogP contribution in [-0.2, 0) is 32.6 Å². The van der Waals surface area contributed by atoms with Gasteiger partial charge in [-0.05, 0) is 86.3 Å². The van der Waals surface area contributed by atoms with Crippen LogP contribution >= 0.6 is 0 Å². The molecule has 1 fully saturated rings. The zero-order valence-electron chi connectivity index (χ0n) is 28.1. The molecule has 10 heteroatoms.